The summed E-state index contributed by atoms with van der Waals surface area (Å²) in [6, 6.07) is 7.11. The molecule has 1 aliphatic heterocycles. The van der Waals surface area contributed by atoms with E-state index in [2.05, 4.69) is 4.74 Å². The number of ether oxygens (including phenoxy) is 1. The second-order valence-electron chi connectivity index (χ2n) is 3.53. The number of halogens is 1. The first-order valence-electron chi connectivity index (χ1n) is 4.65. The zero-order chi connectivity index (χ0) is 11.3. The number of benzene rings is 2. The number of esters is 2. The Morgan fingerprint density at radius 3 is 2.62 bits per heavy atom. The van der Waals surface area contributed by atoms with E-state index in [0.717, 1.165) is 0 Å². The number of cyclic esters (lactones) is 2. The normalized spacial score (nSPS) is 14.1. The van der Waals surface area contributed by atoms with Crippen molar-refractivity contribution < 1.29 is 18.7 Å². The van der Waals surface area contributed by atoms with Gasteiger partial charge in [0.2, 0.25) is 0 Å². The summed E-state index contributed by atoms with van der Waals surface area (Å²) in [5, 5.41) is 1.11. The molecule has 1 aliphatic rings. The van der Waals surface area contributed by atoms with E-state index in [9.17, 15) is 14.0 Å². The van der Waals surface area contributed by atoms with Gasteiger partial charge in [-0.25, -0.2) is 14.0 Å². The summed E-state index contributed by atoms with van der Waals surface area (Å²) in [6.07, 6.45) is 0. The predicted molar refractivity (Wildman–Crippen MR) is 53.7 cm³/mol. The molecule has 0 fully saturated rings. The summed E-state index contributed by atoms with van der Waals surface area (Å²) in [5.74, 6) is -1.70. The van der Waals surface area contributed by atoms with Crippen molar-refractivity contribution in [2.45, 2.75) is 0 Å². The molecular weight excluding hydrogens is 211 g/mol. The highest BCUT2D eigenvalue weighted by Crippen LogP contribution is 2.28. The van der Waals surface area contributed by atoms with Crippen LogP contribution in [0.3, 0.4) is 0 Å². The number of rotatable bonds is 0. The Morgan fingerprint density at radius 2 is 1.81 bits per heavy atom. The zero-order valence-electron chi connectivity index (χ0n) is 7.99. The second kappa shape index (κ2) is 2.88. The third-order valence-corrected chi connectivity index (χ3v) is 2.59. The highest BCUT2D eigenvalue weighted by Gasteiger charge is 2.31. The molecule has 0 bridgehead atoms. The van der Waals surface area contributed by atoms with Crippen LogP contribution >= 0.6 is 0 Å². The molecule has 0 atom stereocenters. The summed E-state index contributed by atoms with van der Waals surface area (Å²) in [7, 11) is 0. The molecule has 0 amide bonds. The second-order valence-corrected chi connectivity index (χ2v) is 3.53. The SMILES string of the molecule is O=C1OC(=O)c2c1ccc1cc(F)ccc21. The van der Waals surface area contributed by atoms with E-state index in [0.29, 0.717) is 10.8 Å². The van der Waals surface area contributed by atoms with Crippen LogP contribution in [0.2, 0.25) is 0 Å². The number of carbonyl (C=O) groups is 2. The molecule has 2 aromatic rings. The number of carbonyl (C=O) groups excluding carboxylic acids is 2. The molecule has 16 heavy (non-hydrogen) atoms. The standard InChI is InChI=1S/C12H5FO3/c13-7-2-4-8-6(5-7)1-3-9-10(8)12(15)16-11(9)14/h1-5H. The highest BCUT2D eigenvalue weighted by atomic mass is 19.1. The quantitative estimate of drug-likeness (QED) is 0.501. The van der Waals surface area contributed by atoms with Crippen LogP contribution in [-0.2, 0) is 4.74 Å². The molecule has 0 radical (unpaired) electrons. The molecule has 0 aromatic heterocycles. The van der Waals surface area contributed by atoms with Crippen molar-refractivity contribution >= 4 is 22.7 Å². The van der Waals surface area contributed by atoms with Gasteiger partial charge in [-0.1, -0.05) is 12.1 Å². The van der Waals surface area contributed by atoms with E-state index >= 15 is 0 Å². The maximum Gasteiger partial charge on any atom is 0.347 e. The lowest BCUT2D eigenvalue weighted by molar-refractivity contribution is 0.0444. The number of hydrogen-bond acceptors (Lipinski definition) is 3. The third kappa shape index (κ3) is 1.07. The van der Waals surface area contributed by atoms with Crippen molar-refractivity contribution in [3.63, 3.8) is 0 Å². The van der Waals surface area contributed by atoms with Crippen LogP contribution in [0.25, 0.3) is 10.8 Å². The topological polar surface area (TPSA) is 43.4 Å². The maximum atomic E-state index is 13.0. The molecule has 3 nitrogen and oxygen atoms in total. The molecule has 0 spiro atoms. The van der Waals surface area contributed by atoms with Crippen LogP contribution in [0.4, 0.5) is 4.39 Å². The fourth-order valence-electron chi connectivity index (χ4n) is 1.88. The Balaban J connectivity index is 2.45. The van der Waals surface area contributed by atoms with Crippen molar-refractivity contribution in [3.8, 4) is 0 Å². The first kappa shape index (κ1) is 9.03. The lowest BCUT2D eigenvalue weighted by Gasteiger charge is -2.00. The fourth-order valence-corrected chi connectivity index (χ4v) is 1.88. The maximum absolute atomic E-state index is 13.0. The summed E-state index contributed by atoms with van der Waals surface area (Å²) in [6.45, 7) is 0. The van der Waals surface area contributed by atoms with Crippen LogP contribution in [0, 0.1) is 5.82 Å². The Hall–Kier alpha value is -2.23. The van der Waals surface area contributed by atoms with Crippen molar-refractivity contribution in [2.24, 2.45) is 0 Å². The molecule has 4 heteroatoms. The summed E-state index contributed by atoms with van der Waals surface area (Å²) in [4.78, 5) is 22.7. The monoisotopic (exact) mass is 216 g/mol. The van der Waals surface area contributed by atoms with Gasteiger partial charge in [0.15, 0.2) is 0 Å². The minimum atomic E-state index is -0.669. The highest BCUT2D eigenvalue weighted by molar-refractivity contribution is 6.21. The van der Waals surface area contributed by atoms with Crippen molar-refractivity contribution in [1.29, 1.82) is 0 Å². The lowest BCUT2D eigenvalue weighted by atomic mass is 10.0. The molecular formula is C12H5FO3. The number of hydrogen-bond donors (Lipinski definition) is 0. The van der Waals surface area contributed by atoms with Crippen LogP contribution in [-0.4, -0.2) is 11.9 Å². The number of fused-ring (bicyclic) bond motifs is 3. The smallest absolute Gasteiger partial charge is 0.347 e. The molecule has 0 saturated carbocycles. The van der Waals surface area contributed by atoms with E-state index in [-0.39, 0.29) is 16.9 Å². The van der Waals surface area contributed by atoms with Gasteiger partial charge in [-0.05, 0) is 29.0 Å². The van der Waals surface area contributed by atoms with Gasteiger partial charge in [0, 0.05) is 0 Å². The Kier molecular flexibility index (Phi) is 1.63. The molecule has 2 aromatic carbocycles. The van der Waals surface area contributed by atoms with Crippen LogP contribution < -0.4 is 0 Å². The summed E-state index contributed by atoms with van der Waals surface area (Å²) < 4.78 is 17.5. The molecule has 78 valence electrons. The van der Waals surface area contributed by atoms with Gasteiger partial charge in [-0.15, -0.1) is 0 Å². The van der Waals surface area contributed by atoms with Gasteiger partial charge in [0.25, 0.3) is 0 Å². The van der Waals surface area contributed by atoms with Crippen LogP contribution in [0.1, 0.15) is 20.7 Å². The Morgan fingerprint density at radius 1 is 1.00 bits per heavy atom. The minimum absolute atomic E-state index is 0.225. The molecule has 0 saturated heterocycles. The van der Waals surface area contributed by atoms with E-state index in [1.54, 1.807) is 6.07 Å². The molecule has 0 unspecified atom stereocenters. The van der Waals surface area contributed by atoms with Gasteiger partial charge in [-0.3, -0.25) is 0 Å². The predicted octanol–water partition coefficient (Wildman–Crippen LogP) is 2.29. The van der Waals surface area contributed by atoms with E-state index < -0.39 is 11.9 Å². The van der Waals surface area contributed by atoms with Gasteiger partial charge in [-0.2, -0.15) is 0 Å². The Bertz CT molecular complexity index is 646. The van der Waals surface area contributed by atoms with E-state index in [1.807, 2.05) is 0 Å². The van der Waals surface area contributed by atoms with Crippen molar-refractivity contribution in [1.82, 2.24) is 0 Å². The summed E-state index contributed by atoms with van der Waals surface area (Å²) in [5.41, 5.74) is 0.464. The van der Waals surface area contributed by atoms with Gasteiger partial charge in [0.05, 0.1) is 11.1 Å². The molecule has 0 N–H and O–H groups in total. The third-order valence-electron chi connectivity index (χ3n) is 2.59. The van der Waals surface area contributed by atoms with Gasteiger partial charge >= 0.3 is 11.9 Å². The van der Waals surface area contributed by atoms with Crippen molar-refractivity contribution in [2.75, 3.05) is 0 Å². The molecule has 0 aliphatic carbocycles. The van der Waals surface area contributed by atoms with Crippen LogP contribution in [0.15, 0.2) is 30.3 Å². The lowest BCUT2D eigenvalue weighted by Crippen LogP contribution is -1.97. The van der Waals surface area contributed by atoms with Gasteiger partial charge < -0.3 is 4.74 Å². The average molecular weight is 216 g/mol. The fraction of sp³-hybridized carbons (Fsp3) is 0. The first-order valence-corrected chi connectivity index (χ1v) is 4.65. The largest absolute Gasteiger partial charge is 0.386 e. The van der Waals surface area contributed by atoms with Crippen LogP contribution in [0.5, 0.6) is 0 Å². The Labute approximate surface area is 89.4 Å². The first-order chi connectivity index (χ1) is 7.66. The van der Waals surface area contributed by atoms with E-state index in [1.165, 1.54) is 24.3 Å². The molecule has 3 rings (SSSR count). The van der Waals surface area contributed by atoms with E-state index in [4.69, 9.17) is 0 Å². The molecule has 1 heterocycles. The van der Waals surface area contributed by atoms with Crippen molar-refractivity contribution in [3.05, 3.63) is 47.3 Å². The minimum Gasteiger partial charge on any atom is -0.386 e. The summed E-state index contributed by atoms with van der Waals surface area (Å²) >= 11 is 0. The zero-order valence-corrected chi connectivity index (χ0v) is 7.99. The average Bonchev–Trinajstić information content (AvgIpc) is 2.54. The van der Waals surface area contributed by atoms with Gasteiger partial charge in [0.1, 0.15) is 5.82 Å².